The fourth-order valence-corrected chi connectivity index (χ4v) is 1.91. The van der Waals surface area contributed by atoms with Gasteiger partial charge >= 0.3 is 0 Å². The minimum atomic E-state index is 0.0967. The van der Waals surface area contributed by atoms with Crippen LogP contribution in [0.5, 0.6) is 0 Å². The van der Waals surface area contributed by atoms with E-state index in [1.165, 1.54) is 5.56 Å². The van der Waals surface area contributed by atoms with Gasteiger partial charge in [0.15, 0.2) is 0 Å². The molecule has 0 spiro atoms. The molecule has 0 amide bonds. The van der Waals surface area contributed by atoms with Gasteiger partial charge in [-0.25, -0.2) is 0 Å². The molecule has 0 aromatic carbocycles. The van der Waals surface area contributed by atoms with Gasteiger partial charge in [0.2, 0.25) is 0 Å². The molecule has 0 unspecified atom stereocenters. The first kappa shape index (κ1) is 13.9. The third-order valence-corrected chi connectivity index (χ3v) is 3.11. The van der Waals surface area contributed by atoms with Crippen molar-refractivity contribution in [3.05, 3.63) is 41.1 Å². The standard InChI is InChI=1S/C15H23N3O/c1-11-6-7-17-18(11)10-13-8-14(19-12(13)2)9-16-15(3,4)5/h6-8,16H,9-10H2,1-5H3. The zero-order chi connectivity index (χ0) is 14.0. The van der Waals surface area contributed by atoms with Crippen molar-refractivity contribution < 1.29 is 4.42 Å². The summed E-state index contributed by atoms with van der Waals surface area (Å²) in [5.74, 6) is 1.95. The van der Waals surface area contributed by atoms with Crippen molar-refractivity contribution >= 4 is 0 Å². The maximum Gasteiger partial charge on any atom is 0.118 e. The van der Waals surface area contributed by atoms with Gasteiger partial charge in [0.25, 0.3) is 0 Å². The second-order valence-corrected chi connectivity index (χ2v) is 6.03. The van der Waals surface area contributed by atoms with Crippen LogP contribution in [0.15, 0.2) is 22.7 Å². The summed E-state index contributed by atoms with van der Waals surface area (Å²) in [6.07, 6.45) is 1.83. The largest absolute Gasteiger partial charge is 0.465 e. The van der Waals surface area contributed by atoms with E-state index in [4.69, 9.17) is 4.42 Å². The molecule has 0 aliphatic rings. The van der Waals surface area contributed by atoms with Crippen LogP contribution in [-0.2, 0) is 13.1 Å². The van der Waals surface area contributed by atoms with E-state index < -0.39 is 0 Å². The highest BCUT2D eigenvalue weighted by molar-refractivity contribution is 5.21. The molecule has 2 heterocycles. The molecule has 0 aliphatic heterocycles. The van der Waals surface area contributed by atoms with Crippen LogP contribution < -0.4 is 5.32 Å². The summed E-state index contributed by atoms with van der Waals surface area (Å²) in [5.41, 5.74) is 2.45. The molecule has 2 rings (SSSR count). The van der Waals surface area contributed by atoms with Crippen LogP contribution in [0.3, 0.4) is 0 Å². The smallest absolute Gasteiger partial charge is 0.118 e. The second-order valence-electron chi connectivity index (χ2n) is 6.03. The van der Waals surface area contributed by atoms with Crippen molar-refractivity contribution in [2.24, 2.45) is 0 Å². The van der Waals surface area contributed by atoms with Crippen molar-refractivity contribution in [3.63, 3.8) is 0 Å². The molecule has 2 aromatic rings. The molecule has 0 bridgehead atoms. The lowest BCUT2D eigenvalue weighted by Gasteiger charge is -2.19. The molecule has 0 aliphatic carbocycles. The van der Waals surface area contributed by atoms with Gasteiger partial charge in [0, 0.05) is 23.0 Å². The fraction of sp³-hybridized carbons (Fsp3) is 0.533. The Balaban J connectivity index is 2.07. The monoisotopic (exact) mass is 261 g/mol. The van der Waals surface area contributed by atoms with Crippen molar-refractivity contribution in [1.82, 2.24) is 15.1 Å². The predicted octanol–water partition coefficient (Wildman–Crippen LogP) is 3.03. The van der Waals surface area contributed by atoms with Crippen molar-refractivity contribution in [2.45, 2.75) is 53.2 Å². The average molecular weight is 261 g/mol. The highest BCUT2D eigenvalue weighted by Crippen LogP contribution is 2.17. The number of nitrogens with one attached hydrogen (secondary N) is 1. The summed E-state index contributed by atoms with van der Waals surface area (Å²) in [6.45, 7) is 12.0. The highest BCUT2D eigenvalue weighted by atomic mass is 16.3. The van der Waals surface area contributed by atoms with E-state index in [9.17, 15) is 0 Å². The first-order valence-corrected chi connectivity index (χ1v) is 6.67. The molecule has 104 valence electrons. The topological polar surface area (TPSA) is 43.0 Å². The molecule has 19 heavy (non-hydrogen) atoms. The van der Waals surface area contributed by atoms with Gasteiger partial charge in [-0.2, -0.15) is 5.10 Å². The van der Waals surface area contributed by atoms with E-state index in [-0.39, 0.29) is 5.54 Å². The van der Waals surface area contributed by atoms with E-state index in [2.05, 4.69) is 44.2 Å². The van der Waals surface area contributed by atoms with Crippen molar-refractivity contribution in [2.75, 3.05) is 0 Å². The van der Waals surface area contributed by atoms with Crippen molar-refractivity contribution in [1.29, 1.82) is 0 Å². The Morgan fingerprint density at radius 1 is 1.32 bits per heavy atom. The SMILES string of the molecule is Cc1oc(CNC(C)(C)C)cc1Cn1nccc1C. The van der Waals surface area contributed by atoms with E-state index in [1.807, 2.05) is 23.9 Å². The average Bonchev–Trinajstić information content (AvgIpc) is 2.84. The lowest BCUT2D eigenvalue weighted by atomic mass is 10.1. The molecule has 2 aromatic heterocycles. The Bertz CT molecular complexity index is 546. The summed E-state index contributed by atoms with van der Waals surface area (Å²) < 4.78 is 7.78. The molecule has 4 heteroatoms. The summed E-state index contributed by atoms with van der Waals surface area (Å²) in [6, 6.07) is 4.13. The Morgan fingerprint density at radius 3 is 2.63 bits per heavy atom. The van der Waals surface area contributed by atoms with Gasteiger partial charge in [-0.1, -0.05) is 0 Å². The van der Waals surface area contributed by atoms with Crippen LogP contribution in [-0.4, -0.2) is 15.3 Å². The Kier molecular flexibility index (Phi) is 3.80. The van der Waals surface area contributed by atoms with Gasteiger partial charge in [0.05, 0.1) is 13.1 Å². The molecule has 0 saturated heterocycles. The lowest BCUT2D eigenvalue weighted by Crippen LogP contribution is -2.34. The predicted molar refractivity (Wildman–Crippen MR) is 76.1 cm³/mol. The number of nitrogens with zero attached hydrogens (tertiary/aromatic N) is 2. The molecule has 1 N–H and O–H groups in total. The van der Waals surface area contributed by atoms with Gasteiger partial charge in [0.1, 0.15) is 11.5 Å². The summed E-state index contributed by atoms with van der Waals surface area (Å²) >= 11 is 0. The van der Waals surface area contributed by atoms with E-state index >= 15 is 0 Å². The number of hydrogen-bond donors (Lipinski definition) is 1. The minimum Gasteiger partial charge on any atom is -0.465 e. The zero-order valence-corrected chi connectivity index (χ0v) is 12.4. The van der Waals surface area contributed by atoms with Gasteiger partial charge in [-0.15, -0.1) is 0 Å². The quantitative estimate of drug-likeness (QED) is 0.920. The number of aryl methyl sites for hydroxylation is 2. The highest BCUT2D eigenvalue weighted by Gasteiger charge is 2.13. The Hall–Kier alpha value is -1.55. The maximum atomic E-state index is 5.80. The third kappa shape index (κ3) is 3.70. The van der Waals surface area contributed by atoms with Crippen LogP contribution in [0.25, 0.3) is 0 Å². The fourth-order valence-electron chi connectivity index (χ4n) is 1.91. The molecular weight excluding hydrogens is 238 g/mol. The number of aromatic nitrogens is 2. The summed E-state index contributed by atoms with van der Waals surface area (Å²) in [4.78, 5) is 0. The minimum absolute atomic E-state index is 0.0967. The van der Waals surface area contributed by atoms with E-state index in [0.717, 1.165) is 30.3 Å². The summed E-state index contributed by atoms with van der Waals surface area (Å²) in [5, 5.41) is 7.74. The summed E-state index contributed by atoms with van der Waals surface area (Å²) in [7, 11) is 0. The third-order valence-electron chi connectivity index (χ3n) is 3.11. The molecule has 4 nitrogen and oxygen atoms in total. The van der Waals surface area contributed by atoms with Gasteiger partial charge in [-0.05, 0) is 46.8 Å². The lowest BCUT2D eigenvalue weighted by molar-refractivity contribution is 0.382. The van der Waals surface area contributed by atoms with E-state index in [1.54, 1.807) is 0 Å². The Labute approximate surface area is 114 Å². The van der Waals surface area contributed by atoms with Crippen LogP contribution in [0, 0.1) is 13.8 Å². The van der Waals surface area contributed by atoms with Crippen LogP contribution >= 0.6 is 0 Å². The first-order chi connectivity index (χ1) is 8.85. The molecule has 0 saturated carbocycles. The molecule has 0 radical (unpaired) electrons. The van der Waals surface area contributed by atoms with E-state index in [0.29, 0.717) is 0 Å². The van der Waals surface area contributed by atoms with Gasteiger partial charge < -0.3 is 9.73 Å². The van der Waals surface area contributed by atoms with Crippen LogP contribution in [0.2, 0.25) is 0 Å². The molecule has 0 fully saturated rings. The van der Waals surface area contributed by atoms with Gasteiger partial charge in [-0.3, -0.25) is 4.68 Å². The number of furan rings is 1. The number of rotatable bonds is 4. The van der Waals surface area contributed by atoms with Crippen molar-refractivity contribution in [3.8, 4) is 0 Å². The number of hydrogen-bond acceptors (Lipinski definition) is 3. The first-order valence-electron chi connectivity index (χ1n) is 6.67. The normalized spacial score (nSPS) is 12.1. The Morgan fingerprint density at radius 2 is 2.05 bits per heavy atom. The van der Waals surface area contributed by atoms with Crippen LogP contribution in [0.4, 0.5) is 0 Å². The second kappa shape index (κ2) is 5.21. The van der Waals surface area contributed by atoms with Crippen LogP contribution in [0.1, 0.15) is 43.5 Å². The zero-order valence-electron chi connectivity index (χ0n) is 12.4. The maximum absolute atomic E-state index is 5.80. The molecular formula is C15H23N3O. The molecule has 0 atom stereocenters.